The summed E-state index contributed by atoms with van der Waals surface area (Å²) in [4.78, 5) is 14.7. The highest BCUT2D eigenvalue weighted by Crippen LogP contribution is 2.33. The van der Waals surface area contributed by atoms with Crippen LogP contribution in [0.4, 0.5) is 5.69 Å². The van der Waals surface area contributed by atoms with E-state index >= 15 is 0 Å². The smallest absolute Gasteiger partial charge is 0.259 e. The second-order valence-electron chi connectivity index (χ2n) is 4.84. The van der Waals surface area contributed by atoms with Crippen molar-refractivity contribution in [1.29, 1.82) is 0 Å². The lowest BCUT2D eigenvalue weighted by molar-refractivity contribution is 0.0980. The van der Waals surface area contributed by atoms with Crippen LogP contribution >= 0.6 is 22.6 Å². The predicted molar refractivity (Wildman–Crippen MR) is 85.6 cm³/mol. The van der Waals surface area contributed by atoms with Gasteiger partial charge in [0.1, 0.15) is 0 Å². The molecule has 0 bridgehead atoms. The molecule has 0 unspecified atom stereocenters. The lowest BCUT2D eigenvalue weighted by Gasteiger charge is -2.23. The normalized spacial score (nSPS) is 17.4. The number of carbonyl (C=O) groups is 1. The highest BCUT2D eigenvalue weighted by atomic mass is 127. The van der Waals surface area contributed by atoms with Crippen LogP contribution in [0.25, 0.3) is 0 Å². The number of halogens is 1. The zero-order valence-corrected chi connectivity index (χ0v) is 12.8. The van der Waals surface area contributed by atoms with Crippen LogP contribution in [-0.4, -0.2) is 11.9 Å². The molecule has 3 rings (SSSR count). The third-order valence-corrected chi connectivity index (χ3v) is 4.47. The Labute approximate surface area is 126 Å². The molecule has 1 aliphatic heterocycles. The minimum absolute atomic E-state index is 0.0995. The van der Waals surface area contributed by atoms with E-state index in [1.165, 1.54) is 5.56 Å². The van der Waals surface area contributed by atoms with Gasteiger partial charge in [-0.1, -0.05) is 30.3 Å². The Morgan fingerprint density at radius 2 is 1.84 bits per heavy atom. The number of para-hydroxylation sites is 1. The van der Waals surface area contributed by atoms with Crippen LogP contribution in [-0.2, 0) is 6.42 Å². The Balaban J connectivity index is 2.03. The number of carbonyl (C=O) groups excluding carboxylic acids is 1. The second kappa shape index (κ2) is 4.96. The van der Waals surface area contributed by atoms with Gasteiger partial charge in [0.15, 0.2) is 0 Å². The molecule has 0 N–H and O–H groups in total. The van der Waals surface area contributed by atoms with E-state index in [1.54, 1.807) is 0 Å². The van der Waals surface area contributed by atoms with Crippen molar-refractivity contribution in [1.82, 2.24) is 0 Å². The number of hydrogen-bond donors (Lipinski definition) is 0. The van der Waals surface area contributed by atoms with Crippen LogP contribution in [0.15, 0.2) is 48.5 Å². The molecule has 1 atom stereocenters. The van der Waals surface area contributed by atoms with E-state index in [-0.39, 0.29) is 11.9 Å². The van der Waals surface area contributed by atoms with Crippen LogP contribution in [0.5, 0.6) is 0 Å². The molecule has 0 spiro atoms. The molecule has 0 radical (unpaired) electrons. The molecule has 1 amide bonds. The lowest BCUT2D eigenvalue weighted by Crippen LogP contribution is -2.36. The van der Waals surface area contributed by atoms with E-state index in [0.717, 1.165) is 21.2 Å². The van der Waals surface area contributed by atoms with Gasteiger partial charge in [-0.25, -0.2) is 0 Å². The zero-order chi connectivity index (χ0) is 13.4. The molecule has 1 aliphatic rings. The second-order valence-corrected chi connectivity index (χ2v) is 6.00. The van der Waals surface area contributed by atoms with Gasteiger partial charge in [-0.05, 0) is 59.7 Å². The minimum atomic E-state index is 0.0995. The van der Waals surface area contributed by atoms with Gasteiger partial charge in [0, 0.05) is 15.3 Å². The third-order valence-electron chi connectivity index (χ3n) is 3.53. The Morgan fingerprint density at radius 1 is 1.16 bits per heavy atom. The molecule has 2 aromatic carbocycles. The first-order valence-corrected chi connectivity index (χ1v) is 7.42. The number of anilines is 1. The predicted octanol–water partition coefficient (Wildman–Crippen LogP) is 3.88. The molecule has 0 aromatic heterocycles. The molecular weight excluding hydrogens is 349 g/mol. The fourth-order valence-electron chi connectivity index (χ4n) is 2.64. The van der Waals surface area contributed by atoms with Crippen molar-refractivity contribution in [3.8, 4) is 0 Å². The van der Waals surface area contributed by atoms with E-state index in [4.69, 9.17) is 0 Å². The lowest BCUT2D eigenvalue weighted by atomic mass is 10.1. The average Bonchev–Trinajstić information content (AvgIpc) is 2.74. The van der Waals surface area contributed by atoms with E-state index in [1.807, 2.05) is 47.4 Å². The molecule has 2 aromatic rings. The molecule has 96 valence electrons. The molecule has 0 aliphatic carbocycles. The standard InChI is InChI=1S/C16H14INO/c1-11-10-12-6-2-5-9-15(12)18(11)16(19)13-7-3-4-8-14(13)17/h2-9,11H,10H2,1H3/t11-/m1/s1. The molecule has 1 heterocycles. The van der Waals surface area contributed by atoms with E-state index < -0.39 is 0 Å². The van der Waals surface area contributed by atoms with Crippen molar-refractivity contribution in [2.75, 3.05) is 4.90 Å². The molecule has 0 saturated carbocycles. The summed E-state index contributed by atoms with van der Waals surface area (Å²) < 4.78 is 1.00. The maximum atomic E-state index is 12.8. The molecular formula is C16H14INO. The molecule has 0 fully saturated rings. The number of hydrogen-bond acceptors (Lipinski definition) is 1. The van der Waals surface area contributed by atoms with Gasteiger partial charge in [0.25, 0.3) is 5.91 Å². The molecule has 0 saturated heterocycles. The fourth-order valence-corrected chi connectivity index (χ4v) is 3.26. The van der Waals surface area contributed by atoms with Gasteiger partial charge >= 0.3 is 0 Å². The quantitative estimate of drug-likeness (QED) is 0.705. The summed E-state index contributed by atoms with van der Waals surface area (Å²) in [7, 11) is 0. The summed E-state index contributed by atoms with van der Waals surface area (Å²) in [5.74, 6) is 0.0995. The van der Waals surface area contributed by atoms with E-state index in [9.17, 15) is 4.79 Å². The first-order chi connectivity index (χ1) is 9.18. The van der Waals surface area contributed by atoms with Crippen molar-refractivity contribution in [2.24, 2.45) is 0 Å². The van der Waals surface area contributed by atoms with Gasteiger partial charge in [0.05, 0.1) is 5.56 Å². The summed E-state index contributed by atoms with van der Waals surface area (Å²) >= 11 is 2.22. The Kier molecular flexibility index (Phi) is 3.31. The topological polar surface area (TPSA) is 20.3 Å². The number of amides is 1. The van der Waals surface area contributed by atoms with Crippen LogP contribution in [0.1, 0.15) is 22.8 Å². The van der Waals surface area contributed by atoms with Gasteiger partial charge < -0.3 is 4.90 Å². The molecule has 19 heavy (non-hydrogen) atoms. The van der Waals surface area contributed by atoms with Crippen molar-refractivity contribution in [3.63, 3.8) is 0 Å². The molecule has 3 heteroatoms. The third kappa shape index (κ3) is 2.16. The highest BCUT2D eigenvalue weighted by Gasteiger charge is 2.31. The number of rotatable bonds is 1. The summed E-state index contributed by atoms with van der Waals surface area (Å²) in [6.45, 7) is 2.10. The summed E-state index contributed by atoms with van der Waals surface area (Å²) in [5, 5.41) is 0. The summed E-state index contributed by atoms with van der Waals surface area (Å²) in [5.41, 5.74) is 3.10. The Bertz CT molecular complexity index is 638. The highest BCUT2D eigenvalue weighted by molar-refractivity contribution is 14.1. The summed E-state index contributed by atoms with van der Waals surface area (Å²) in [6, 6.07) is 16.1. The van der Waals surface area contributed by atoms with Gasteiger partial charge in [-0.3, -0.25) is 4.79 Å². The van der Waals surface area contributed by atoms with E-state index in [0.29, 0.717) is 0 Å². The van der Waals surface area contributed by atoms with Crippen LogP contribution in [0.3, 0.4) is 0 Å². The van der Waals surface area contributed by atoms with Crippen molar-refractivity contribution in [3.05, 3.63) is 63.2 Å². The van der Waals surface area contributed by atoms with Crippen molar-refractivity contribution >= 4 is 34.2 Å². The number of fused-ring (bicyclic) bond motifs is 1. The SMILES string of the molecule is C[C@@H]1Cc2ccccc2N1C(=O)c1ccccc1I. The van der Waals surface area contributed by atoms with Crippen LogP contribution in [0.2, 0.25) is 0 Å². The first-order valence-electron chi connectivity index (χ1n) is 6.34. The first kappa shape index (κ1) is 12.7. The van der Waals surface area contributed by atoms with Gasteiger partial charge in [-0.2, -0.15) is 0 Å². The average molecular weight is 363 g/mol. The minimum Gasteiger partial charge on any atom is -0.305 e. The number of benzene rings is 2. The largest absolute Gasteiger partial charge is 0.305 e. The van der Waals surface area contributed by atoms with Gasteiger partial charge in [0.2, 0.25) is 0 Å². The van der Waals surface area contributed by atoms with Gasteiger partial charge in [-0.15, -0.1) is 0 Å². The Hall–Kier alpha value is -1.36. The summed E-state index contributed by atoms with van der Waals surface area (Å²) in [6.07, 6.45) is 0.936. The molecule has 2 nitrogen and oxygen atoms in total. The monoisotopic (exact) mass is 363 g/mol. The fraction of sp³-hybridized carbons (Fsp3) is 0.188. The maximum absolute atomic E-state index is 12.8. The van der Waals surface area contributed by atoms with Crippen molar-refractivity contribution in [2.45, 2.75) is 19.4 Å². The van der Waals surface area contributed by atoms with Crippen LogP contribution < -0.4 is 4.90 Å². The Morgan fingerprint density at radius 3 is 2.63 bits per heavy atom. The maximum Gasteiger partial charge on any atom is 0.259 e. The number of nitrogens with zero attached hydrogens (tertiary/aromatic N) is 1. The van der Waals surface area contributed by atoms with Crippen LogP contribution in [0, 0.1) is 3.57 Å². The van der Waals surface area contributed by atoms with Crippen molar-refractivity contribution < 1.29 is 4.79 Å². The van der Waals surface area contributed by atoms with E-state index in [2.05, 4.69) is 35.6 Å². The zero-order valence-electron chi connectivity index (χ0n) is 10.6.